The molecule has 1 aromatic carbocycles. The van der Waals surface area contributed by atoms with Crippen molar-refractivity contribution in [3.8, 4) is 0 Å². The Balaban J connectivity index is 2.11. The van der Waals surface area contributed by atoms with Crippen LogP contribution in [0.15, 0.2) is 40.9 Å². The maximum atomic E-state index is 11.9. The van der Waals surface area contributed by atoms with E-state index in [0.29, 0.717) is 6.54 Å². The first-order valence-electron chi connectivity index (χ1n) is 6.22. The summed E-state index contributed by atoms with van der Waals surface area (Å²) in [6.07, 6.45) is 0. The molecular weight excluding hydrogens is 338 g/mol. The van der Waals surface area contributed by atoms with E-state index in [-0.39, 0.29) is 5.97 Å². The molecule has 0 aliphatic heterocycles. The van der Waals surface area contributed by atoms with Crippen LogP contribution in [0.4, 0.5) is 0 Å². The Bertz CT molecular complexity index is 563. The summed E-state index contributed by atoms with van der Waals surface area (Å²) in [5.74, 6) is -0.274. The zero-order chi connectivity index (χ0) is 14.5. The first-order chi connectivity index (χ1) is 9.61. The number of carbonyl (C=O) groups excluding carboxylic acids is 1. The fourth-order valence-corrected chi connectivity index (χ4v) is 3.46. The molecular formula is C15H16BrNO2S. The summed E-state index contributed by atoms with van der Waals surface area (Å²) in [5, 5.41) is 3.26. The van der Waals surface area contributed by atoms with E-state index in [0.717, 1.165) is 10.0 Å². The predicted molar refractivity (Wildman–Crippen MR) is 84.8 cm³/mol. The third kappa shape index (κ3) is 3.69. The van der Waals surface area contributed by atoms with Gasteiger partial charge in [0.1, 0.15) is 6.04 Å². The van der Waals surface area contributed by atoms with Crippen molar-refractivity contribution < 1.29 is 9.53 Å². The molecule has 0 saturated heterocycles. The zero-order valence-corrected chi connectivity index (χ0v) is 13.8. The smallest absolute Gasteiger partial charge is 0.327 e. The SMILES string of the molecule is COC(=O)C(NCc1cc(Br)c(C)s1)c1ccccc1. The van der Waals surface area contributed by atoms with Gasteiger partial charge in [-0.25, -0.2) is 4.79 Å². The summed E-state index contributed by atoms with van der Waals surface area (Å²) >= 11 is 5.21. The number of benzene rings is 1. The quantitative estimate of drug-likeness (QED) is 0.830. The van der Waals surface area contributed by atoms with Gasteiger partial charge in [-0.05, 0) is 34.5 Å². The first kappa shape index (κ1) is 15.2. The minimum atomic E-state index is -0.442. The Kier molecular flexibility index (Phi) is 5.34. The van der Waals surface area contributed by atoms with Gasteiger partial charge in [0.2, 0.25) is 0 Å². The number of carbonyl (C=O) groups is 1. The van der Waals surface area contributed by atoms with E-state index in [2.05, 4.69) is 34.2 Å². The summed E-state index contributed by atoms with van der Waals surface area (Å²) in [4.78, 5) is 14.3. The van der Waals surface area contributed by atoms with Crippen LogP contribution < -0.4 is 5.32 Å². The van der Waals surface area contributed by atoms with E-state index < -0.39 is 6.04 Å². The highest BCUT2D eigenvalue weighted by Crippen LogP contribution is 2.26. The average molecular weight is 354 g/mol. The van der Waals surface area contributed by atoms with Crippen LogP contribution in [0, 0.1) is 6.92 Å². The molecule has 20 heavy (non-hydrogen) atoms. The molecule has 0 saturated carbocycles. The number of hydrogen-bond acceptors (Lipinski definition) is 4. The lowest BCUT2D eigenvalue weighted by molar-refractivity contribution is -0.143. The van der Waals surface area contributed by atoms with Crippen molar-refractivity contribution in [2.45, 2.75) is 19.5 Å². The zero-order valence-electron chi connectivity index (χ0n) is 11.4. The maximum absolute atomic E-state index is 11.9. The molecule has 2 rings (SSSR count). The van der Waals surface area contributed by atoms with Crippen molar-refractivity contribution in [2.75, 3.05) is 7.11 Å². The van der Waals surface area contributed by atoms with E-state index in [9.17, 15) is 4.79 Å². The van der Waals surface area contributed by atoms with Gasteiger partial charge >= 0.3 is 5.97 Å². The third-order valence-corrected chi connectivity index (χ3v) is 5.10. The maximum Gasteiger partial charge on any atom is 0.327 e. The number of halogens is 1. The lowest BCUT2D eigenvalue weighted by atomic mass is 10.1. The molecule has 1 heterocycles. The summed E-state index contributed by atoms with van der Waals surface area (Å²) < 4.78 is 5.98. The minimum Gasteiger partial charge on any atom is -0.468 e. The van der Waals surface area contributed by atoms with Crippen LogP contribution in [0.5, 0.6) is 0 Å². The number of ether oxygens (including phenoxy) is 1. The lowest BCUT2D eigenvalue weighted by Crippen LogP contribution is -2.29. The van der Waals surface area contributed by atoms with Crippen molar-refractivity contribution in [3.05, 3.63) is 56.2 Å². The van der Waals surface area contributed by atoms with Crippen molar-refractivity contribution in [1.29, 1.82) is 0 Å². The summed E-state index contributed by atoms with van der Waals surface area (Å²) in [7, 11) is 1.41. The van der Waals surface area contributed by atoms with Crippen molar-refractivity contribution in [2.24, 2.45) is 0 Å². The summed E-state index contributed by atoms with van der Waals surface area (Å²) in [5.41, 5.74) is 0.909. The van der Waals surface area contributed by atoms with Gasteiger partial charge in [-0.15, -0.1) is 11.3 Å². The third-order valence-electron chi connectivity index (χ3n) is 2.96. The van der Waals surface area contributed by atoms with Crippen LogP contribution in [0.1, 0.15) is 21.4 Å². The van der Waals surface area contributed by atoms with E-state index in [1.54, 1.807) is 11.3 Å². The molecule has 0 aliphatic rings. The van der Waals surface area contributed by atoms with Gasteiger partial charge in [0.05, 0.1) is 7.11 Å². The fourth-order valence-electron chi connectivity index (χ4n) is 1.91. The number of nitrogens with one attached hydrogen (secondary N) is 1. The monoisotopic (exact) mass is 353 g/mol. The number of thiophene rings is 1. The summed E-state index contributed by atoms with van der Waals surface area (Å²) in [6.45, 7) is 2.69. The molecule has 1 N–H and O–H groups in total. The van der Waals surface area contributed by atoms with Gasteiger partial charge in [-0.2, -0.15) is 0 Å². The van der Waals surface area contributed by atoms with Crippen LogP contribution in [-0.4, -0.2) is 13.1 Å². The molecule has 0 aliphatic carbocycles. The molecule has 5 heteroatoms. The van der Waals surface area contributed by atoms with Crippen LogP contribution in [0.2, 0.25) is 0 Å². The second-order valence-corrected chi connectivity index (χ2v) is 6.56. The molecule has 0 radical (unpaired) electrons. The molecule has 1 aromatic heterocycles. The largest absolute Gasteiger partial charge is 0.468 e. The van der Waals surface area contributed by atoms with E-state index in [1.807, 2.05) is 30.3 Å². The number of methoxy groups -OCH3 is 1. The van der Waals surface area contributed by atoms with E-state index in [4.69, 9.17) is 4.74 Å². The average Bonchev–Trinajstić information content (AvgIpc) is 2.78. The normalized spacial score (nSPS) is 12.2. The fraction of sp³-hybridized carbons (Fsp3) is 0.267. The van der Waals surface area contributed by atoms with Crippen LogP contribution in [-0.2, 0) is 16.1 Å². The highest BCUT2D eigenvalue weighted by molar-refractivity contribution is 9.10. The number of esters is 1. The Morgan fingerprint density at radius 3 is 2.65 bits per heavy atom. The lowest BCUT2D eigenvalue weighted by Gasteiger charge is -2.16. The van der Waals surface area contributed by atoms with Crippen LogP contribution in [0.25, 0.3) is 0 Å². The molecule has 3 nitrogen and oxygen atoms in total. The molecule has 1 atom stereocenters. The Hall–Kier alpha value is -1.17. The minimum absolute atomic E-state index is 0.274. The van der Waals surface area contributed by atoms with Gasteiger partial charge in [-0.1, -0.05) is 30.3 Å². The highest BCUT2D eigenvalue weighted by Gasteiger charge is 2.20. The van der Waals surface area contributed by atoms with Gasteiger partial charge in [0, 0.05) is 20.8 Å². The van der Waals surface area contributed by atoms with E-state index >= 15 is 0 Å². The second kappa shape index (κ2) is 7.02. The van der Waals surface area contributed by atoms with Gasteiger partial charge in [0.25, 0.3) is 0 Å². The highest BCUT2D eigenvalue weighted by atomic mass is 79.9. The molecule has 0 fully saturated rings. The topological polar surface area (TPSA) is 38.3 Å². The number of rotatable bonds is 5. The van der Waals surface area contributed by atoms with Crippen LogP contribution in [0.3, 0.4) is 0 Å². The number of aryl methyl sites for hydroxylation is 1. The molecule has 2 aromatic rings. The van der Waals surface area contributed by atoms with Gasteiger partial charge in [0.15, 0.2) is 0 Å². The Labute approximate surface area is 131 Å². The summed E-state index contributed by atoms with van der Waals surface area (Å²) in [6, 6.07) is 11.2. The number of hydrogen-bond donors (Lipinski definition) is 1. The predicted octanol–water partition coefficient (Wildman–Crippen LogP) is 3.82. The first-order valence-corrected chi connectivity index (χ1v) is 7.83. The molecule has 0 bridgehead atoms. The van der Waals surface area contributed by atoms with E-state index in [1.165, 1.54) is 16.9 Å². The second-order valence-electron chi connectivity index (χ2n) is 4.36. The van der Waals surface area contributed by atoms with Gasteiger partial charge < -0.3 is 4.74 Å². The van der Waals surface area contributed by atoms with Crippen molar-refractivity contribution in [3.63, 3.8) is 0 Å². The molecule has 0 spiro atoms. The van der Waals surface area contributed by atoms with Gasteiger partial charge in [-0.3, -0.25) is 5.32 Å². The van der Waals surface area contributed by atoms with Crippen molar-refractivity contribution >= 4 is 33.2 Å². The standard InChI is InChI=1S/C15H16BrNO2S/c1-10-13(16)8-12(20-10)9-17-14(15(18)19-2)11-6-4-3-5-7-11/h3-8,14,17H,9H2,1-2H3. The van der Waals surface area contributed by atoms with Crippen molar-refractivity contribution in [1.82, 2.24) is 5.32 Å². The Morgan fingerprint density at radius 1 is 1.40 bits per heavy atom. The molecule has 106 valence electrons. The molecule has 0 amide bonds. The molecule has 1 unspecified atom stereocenters. The van der Waals surface area contributed by atoms with Crippen LogP contribution >= 0.6 is 27.3 Å². The Morgan fingerprint density at radius 2 is 2.10 bits per heavy atom.